The van der Waals surface area contributed by atoms with Gasteiger partial charge in [-0.15, -0.1) is 11.3 Å². The monoisotopic (exact) mass is 394 g/mol. The van der Waals surface area contributed by atoms with Crippen LogP contribution in [0.1, 0.15) is 29.8 Å². The topological polar surface area (TPSA) is 58.1 Å². The second kappa shape index (κ2) is 9.57. The fourth-order valence-electron chi connectivity index (χ4n) is 3.02. The van der Waals surface area contributed by atoms with E-state index in [1.165, 1.54) is 22.5 Å². The Bertz CT molecular complexity index is 890. The van der Waals surface area contributed by atoms with Gasteiger partial charge in [0.1, 0.15) is 5.01 Å². The van der Waals surface area contributed by atoms with Crippen molar-refractivity contribution in [1.29, 1.82) is 0 Å². The number of nitrogens with zero attached hydrogens (tertiary/aromatic N) is 3. The van der Waals surface area contributed by atoms with Crippen molar-refractivity contribution in [2.24, 2.45) is 0 Å². The zero-order valence-electron chi connectivity index (χ0n) is 16.6. The van der Waals surface area contributed by atoms with Crippen molar-refractivity contribution < 1.29 is 4.79 Å². The van der Waals surface area contributed by atoms with Gasteiger partial charge in [-0.05, 0) is 43.8 Å². The van der Waals surface area contributed by atoms with Gasteiger partial charge in [0, 0.05) is 29.9 Å². The Morgan fingerprint density at radius 3 is 2.64 bits per heavy atom. The lowest BCUT2D eigenvalue weighted by Crippen LogP contribution is -2.35. The largest absolute Gasteiger partial charge is 0.354 e. The van der Waals surface area contributed by atoms with Crippen LogP contribution in [0.2, 0.25) is 0 Å². The molecule has 6 heteroatoms. The molecule has 0 spiro atoms. The van der Waals surface area contributed by atoms with Crippen LogP contribution in [-0.2, 0) is 17.6 Å². The summed E-state index contributed by atoms with van der Waals surface area (Å²) in [6.45, 7) is 2.72. The highest BCUT2D eigenvalue weighted by Crippen LogP contribution is 2.23. The number of aryl methyl sites for hydroxylation is 1. The molecule has 3 rings (SSSR count). The van der Waals surface area contributed by atoms with E-state index in [1.807, 2.05) is 31.6 Å². The molecule has 0 radical (unpaired) electrons. The van der Waals surface area contributed by atoms with Gasteiger partial charge in [0.25, 0.3) is 0 Å². The minimum Gasteiger partial charge on any atom is -0.354 e. The lowest BCUT2D eigenvalue weighted by molar-refractivity contribution is -0.120. The third-order valence-corrected chi connectivity index (χ3v) is 5.63. The van der Waals surface area contributed by atoms with Crippen LogP contribution < -0.4 is 5.32 Å². The molecule has 0 saturated carbocycles. The number of carbonyl (C=O) groups excluding carboxylic acids is 1. The molecule has 3 aromatic rings. The molecule has 0 bridgehead atoms. The third-order valence-electron chi connectivity index (χ3n) is 4.69. The Balaban J connectivity index is 1.58. The number of rotatable bonds is 8. The molecular formula is C22H26N4OS. The van der Waals surface area contributed by atoms with Crippen molar-refractivity contribution >= 4 is 17.2 Å². The molecule has 0 fully saturated rings. The van der Waals surface area contributed by atoms with Gasteiger partial charge in [0.05, 0.1) is 18.2 Å². The smallest absolute Gasteiger partial charge is 0.226 e. The van der Waals surface area contributed by atoms with Gasteiger partial charge in [0.2, 0.25) is 5.91 Å². The second-order valence-corrected chi connectivity index (χ2v) is 7.80. The molecular weight excluding hydrogens is 368 g/mol. The first-order valence-electron chi connectivity index (χ1n) is 9.43. The number of hydrogen-bond acceptors (Lipinski definition) is 5. The Hall–Kier alpha value is -2.57. The van der Waals surface area contributed by atoms with E-state index in [2.05, 4.69) is 51.4 Å². The fraction of sp³-hybridized carbons (Fsp3) is 0.318. The first kappa shape index (κ1) is 20.2. The number of pyridine rings is 1. The molecule has 0 aliphatic carbocycles. The fourth-order valence-corrected chi connectivity index (χ4v) is 3.83. The van der Waals surface area contributed by atoms with Crippen LogP contribution >= 0.6 is 11.3 Å². The molecule has 1 amide bonds. The van der Waals surface area contributed by atoms with Crippen molar-refractivity contribution in [1.82, 2.24) is 20.2 Å². The van der Waals surface area contributed by atoms with Gasteiger partial charge in [-0.25, -0.2) is 4.98 Å². The molecule has 2 heterocycles. The Morgan fingerprint density at radius 1 is 1.21 bits per heavy atom. The predicted octanol–water partition coefficient (Wildman–Crippen LogP) is 3.73. The predicted molar refractivity (Wildman–Crippen MR) is 114 cm³/mol. The SMILES string of the molecule is CCc1ccc(C(CNC(=O)Cc2csc(-c3cccnc3)n2)N(C)C)cc1. The van der Waals surface area contributed by atoms with Crippen molar-refractivity contribution in [3.05, 3.63) is 71.0 Å². The lowest BCUT2D eigenvalue weighted by atomic mass is 10.0. The Kier molecular flexibility index (Phi) is 6.90. The van der Waals surface area contributed by atoms with Crippen LogP contribution in [0.5, 0.6) is 0 Å². The first-order valence-corrected chi connectivity index (χ1v) is 10.3. The van der Waals surface area contributed by atoms with Gasteiger partial charge >= 0.3 is 0 Å². The molecule has 0 aliphatic rings. The molecule has 1 N–H and O–H groups in total. The number of thiazole rings is 1. The number of benzene rings is 1. The molecule has 1 unspecified atom stereocenters. The Labute approximate surface area is 170 Å². The van der Waals surface area contributed by atoms with E-state index in [4.69, 9.17) is 0 Å². The minimum atomic E-state index is -0.0138. The van der Waals surface area contributed by atoms with Crippen LogP contribution in [0.15, 0.2) is 54.2 Å². The molecule has 28 heavy (non-hydrogen) atoms. The average Bonchev–Trinajstić information content (AvgIpc) is 3.17. The van der Waals surface area contributed by atoms with Crippen LogP contribution in [-0.4, -0.2) is 41.4 Å². The van der Waals surface area contributed by atoms with Crippen LogP contribution in [0, 0.1) is 0 Å². The molecule has 146 valence electrons. The number of hydrogen-bond donors (Lipinski definition) is 1. The maximum Gasteiger partial charge on any atom is 0.226 e. The highest BCUT2D eigenvalue weighted by atomic mass is 32.1. The summed E-state index contributed by atoms with van der Waals surface area (Å²) in [7, 11) is 4.07. The van der Waals surface area contributed by atoms with E-state index in [0.717, 1.165) is 22.7 Å². The van der Waals surface area contributed by atoms with Gasteiger partial charge in [-0.2, -0.15) is 0 Å². The van der Waals surface area contributed by atoms with Gasteiger partial charge in [-0.1, -0.05) is 31.2 Å². The summed E-state index contributed by atoms with van der Waals surface area (Å²) in [5.41, 5.74) is 4.28. The summed E-state index contributed by atoms with van der Waals surface area (Å²) in [6, 6.07) is 12.6. The zero-order chi connectivity index (χ0) is 19.9. The summed E-state index contributed by atoms with van der Waals surface area (Å²) in [6.07, 6.45) is 4.83. The van der Waals surface area contributed by atoms with Crippen LogP contribution in [0.3, 0.4) is 0 Å². The second-order valence-electron chi connectivity index (χ2n) is 6.94. The molecule has 1 aromatic carbocycles. The van der Waals surface area contributed by atoms with Crippen LogP contribution in [0.25, 0.3) is 10.6 Å². The standard InChI is InChI=1S/C22H26N4OS/c1-4-16-7-9-17(10-8-16)20(26(2)3)14-24-21(27)12-19-15-28-22(25-19)18-6-5-11-23-13-18/h5-11,13,15,20H,4,12,14H2,1-3H3,(H,24,27). The summed E-state index contributed by atoms with van der Waals surface area (Å²) in [5.74, 6) is -0.0138. The van der Waals surface area contributed by atoms with Gasteiger partial charge in [-0.3, -0.25) is 9.78 Å². The first-order chi connectivity index (χ1) is 13.6. The van der Waals surface area contributed by atoms with Gasteiger partial charge < -0.3 is 10.2 Å². The normalized spacial score (nSPS) is 12.1. The van der Waals surface area contributed by atoms with Crippen molar-refractivity contribution in [2.75, 3.05) is 20.6 Å². The summed E-state index contributed by atoms with van der Waals surface area (Å²) < 4.78 is 0. The van der Waals surface area contributed by atoms with Crippen molar-refractivity contribution in [3.8, 4) is 10.6 Å². The number of likely N-dealkylation sites (N-methyl/N-ethyl adjacent to an activating group) is 1. The molecule has 2 aromatic heterocycles. The third kappa shape index (κ3) is 5.24. The maximum absolute atomic E-state index is 12.4. The molecule has 5 nitrogen and oxygen atoms in total. The summed E-state index contributed by atoms with van der Waals surface area (Å²) in [4.78, 5) is 23.3. The van der Waals surface area contributed by atoms with Gasteiger partial charge in [0.15, 0.2) is 0 Å². The van der Waals surface area contributed by atoms with Crippen LogP contribution in [0.4, 0.5) is 0 Å². The number of nitrogens with one attached hydrogen (secondary N) is 1. The van der Waals surface area contributed by atoms with E-state index >= 15 is 0 Å². The van der Waals surface area contributed by atoms with E-state index in [-0.39, 0.29) is 18.4 Å². The molecule has 0 saturated heterocycles. The summed E-state index contributed by atoms with van der Waals surface area (Å²) >= 11 is 1.53. The number of aromatic nitrogens is 2. The number of amides is 1. The highest BCUT2D eigenvalue weighted by molar-refractivity contribution is 7.13. The lowest BCUT2D eigenvalue weighted by Gasteiger charge is -2.25. The Morgan fingerprint density at radius 2 is 2.00 bits per heavy atom. The molecule has 0 aliphatic heterocycles. The van der Waals surface area contributed by atoms with Crippen molar-refractivity contribution in [3.63, 3.8) is 0 Å². The quantitative estimate of drug-likeness (QED) is 0.632. The zero-order valence-corrected chi connectivity index (χ0v) is 17.4. The van der Waals surface area contributed by atoms with E-state index in [9.17, 15) is 4.79 Å². The van der Waals surface area contributed by atoms with Crippen molar-refractivity contribution in [2.45, 2.75) is 25.8 Å². The minimum absolute atomic E-state index is 0.0138. The van der Waals surface area contributed by atoms with E-state index < -0.39 is 0 Å². The van der Waals surface area contributed by atoms with E-state index in [0.29, 0.717) is 6.54 Å². The number of carbonyl (C=O) groups is 1. The summed E-state index contributed by atoms with van der Waals surface area (Å²) in [5, 5.41) is 5.89. The highest BCUT2D eigenvalue weighted by Gasteiger charge is 2.16. The maximum atomic E-state index is 12.4. The van der Waals surface area contributed by atoms with E-state index in [1.54, 1.807) is 12.4 Å². The average molecular weight is 395 g/mol. The molecule has 1 atom stereocenters.